The van der Waals surface area contributed by atoms with Crippen molar-refractivity contribution in [2.45, 2.75) is 32.0 Å². The molecule has 9 heteroatoms. The highest BCUT2D eigenvalue weighted by Crippen LogP contribution is 2.31. The van der Waals surface area contributed by atoms with Gasteiger partial charge in [0.1, 0.15) is 6.04 Å². The SMILES string of the molecule is O=C1CCC(N2Cc3c(CNc4ccncc4N4CCNCC4)cccc3C2=O)C(=O)N1. The first-order valence-corrected chi connectivity index (χ1v) is 11.0. The molecule has 3 aliphatic heterocycles. The van der Waals surface area contributed by atoms with Crippen LogP contribution in [0.2, 0.25) is 0 Å². The fourth-order valence-corrected chi connectivity index (χ4v) is 4.70. The van der Waals surface area contributed by atoms with E-state index in [2.05, 4.69) is 25.8 Å². The molecule has 9 nitrogen and oxygen atoms in total. The van der Waals surface area contributed by atoms with Crippen LogP contribution in [0.4, 0.5) is 11.4 Å². The number of amides is 3. The number of carbonyl (C=O) groups is 3. The molecule has 1 aromatic carbocycles. The summed E-state index contributed by atoms with van der Waals surface area (Å²) < 4.78 is 0. The van der Waals surface area contributed by atoms with Crippen molar-refractivity contribution >= 4 is 29.1 Å². The number of nitrogens with one attached hydrogen (secondary N) is 3. The van der Waals surface area contributed by atoms with Crippen LogP contribution in [0, 0.1) is 0 Å². The van der Waals surface area contributed by atoms with Crippen molar-refractivity contribution < 1.29 is 14.4 Å². The Hall–Kier alpha value is -3.46. The summed E-state index contributed by atoms with van der Waals surface area (Å²) in [5.41, 5.74) is 4.67. The third-order valence-corrected chi connectivity index (χ3v) is 6.41. The fourth-order valence-electron chi connectivity index (χ4n) is 4.70. The third-order valence-electron chi connectivity index (χ3n) is 6.41. The molecule has 0 aliphatic carbocycles. The predicted octanol–water partition coefficient (Wildman–Crippen LogP) is 0.864. The van der Waals surface area contributed by atoms with E-state index in [0.29, 0.717) is 25.1 Å². The molecule has 0 radical (unpaired) electrons. The topological polar surface area (TPSA) is 107 Å². The first kappa shape index (κ1) is 20.4. The molecule has 0 spiro atoms. The van der Waals surface area contributed by atoms with Gasteiger partial charge in [0.05, 0.1) is 17.6 Å². The van der Waals surface area contributed by atoms with Gasteiger partial charge in [-0.3, -0.25) is 24.7 Å². The normalized spacial score (nSPS) is 20.9. The molecule has 2 saturated heterocycles. The van der Waals surface area contributed by atoms with Crippen LogP contribution in [-0.2, 0) is 22.7 Å². The third kappa shape index (κ3) is 3.80. The maximum absolute atomic E-state index is 13.0. The second-order valence-corrected chi connectivity index (χ2v) is 8.33. The summed E-state index contributed by atoms with van der Waals surface area (Å²) in [6, 6.07) is 7.07. The first-order valence-electron chi connectivity index (χ1n) is 11.0. The summed E-state index contributed by atoms with van der Waals surface area (Å²) in [7, 11) is 0. The number of carbonyl (C=O) groups excluding carboxylic acids is 3. The number of fused-ring (bicyclic) bond motifs is 1. The van der Waals surface area contributed by atoms with E-state index in [1.54, 1.807) is 11.1 Å². The Morgan fingerprint density at radius 2 is 1.97 bits per heavy atom. The number of hydrogen-bond acceptors (Lipinski definition) is 7. The zero-order valence-corrected chi connectivity index (χ0v) is 17.8. The quantitative estimate of drug-likeness (QED) is 0.600. The number of anilines is 2. The van der Waals surface area contributed by atoms with Crippen molar-refractivity contribution in [2.24, 2.45) is 0 Å². The standard InChI is InChI=1S/C23H26N6O3/c30-21-5-4-19(22(31)27-21)29-14-17-15(2-1-3-16(17)23(29)32)12-26-18-6-7-25-13-20(18)28-10-8-24-9-11-28/h1-3,6-7,13,19,24H,4-5,8-12,14H2,(H,25,26)(H,27,30,31). The van der Waals surface area contributed by atoms with Gasteiger partial charge >= 0.3 is 0 Å². The molecule has 0 bridgehead atoms. The zero-order chi connectivity index (χ0) is 22.1. The van der Waals surface area contributed by atoms with E-state index in [1.165, 1.54) is 0 Å². The van der Waals surface area contributed by atoms with E-state index in [-0.39, 0.29) is 24.1 Å². The highest BCUT2D eigenvalue weighted by atomic mass is 16.2. The molecular weight excluding hydrogens is 408 g/mol. The zero-order valence-electron chi connectivity index (χ0n) is 17.8. The lowest BCUT2D eigenvalue weighted by Gasteiger charge is -2.31. The van der Waals surface area contributed by atoms with Crippen LogP contribution in [0.15, 0.2) is 36.7 Å². The lowest BCUT2D eigenvalue weighted by Crippen LogP contribution is -2.52. The Kier molecular flexibility index (Phi) is 5.48. The molecule has 5 rings (SSSR count). The van der Waals surface area contributed by atoms with Crippen molar-refractivity contribution in [3.8, 4) is 0 Å². The average Bonchev–Trinajstić information content (AvgIpc) is 3.15. The minimum Gasteiger partial charge on any atom is -0.379 e. The maximum atomic E-state index is 13.0. The summed E-state index contributed by atoms with van der Waals surface area (Å²) in [4.78, 5) is 45.1. The highest BCUT2D eigenvalue weighted by Gasteiger charge is 2.39. The van der Waals surface area contributed by atoms with Gasteiger partial charge in [-0.2, -0.15) is 0 Å². The molecule has 166 valence electrons. The number of pyridine rings is 1. The largest absolute Gasteiger partial charge is 0.379 e. The molecule has 1 aromatic heterocycles. The maximum Gasteiger partial charge on any atom is 0.255 e. The summed E-state index contributed by atoms with van der Waals surface area (Å²) >= 11 is 0. The van der Waals surface area contributed by atoms with Crippen LogP contribution in [0.1, 0.15) is 34.3 Å². The molecule has 3 N–H and O–H groups in total. The van der Waals surface area contributed by atoms with E-state index in [1.807, 2.05) is 30.5 Å². The van der Waals surface area contributed by atoms with Gasteiger partial charge in [0, 0.05) is 57.4 Å². The van der Waals surface area contributed by atoms with E-state index < -0.39 is 6.04 Å². The lowest BCUT2D eigenvalue weighted by molar-refractivity contribution is -0.136. The van der Waals surface area contributed by atoms with Crippen LogP contribution < -0.4 is 20.9 Å². The molecule has 2 aromatic rings. The van der Waals surface area contributed by atoms with Gasteiger partial charge in [-0.15, -0.1) is 0 Å². The molecule has 0 saturated carbocycles. The molecule has 3 amide bonds. The van der Waals surface area contributed by atoms with Crippen LogP contribution >= 0.6 is 0 Å². The number of piperazine rings is 1. The van der Waals surface area contributed by atoms with E-state index in [4.69, 9.17) is 0 Å². The Labute approximate surface area is 186 Å². The second kappa shape index (κ2) is 8.58. The van der Waals surface area contributed by atoms with Crippen molar-refractivity contribution in [1.29, 1.82) is 0 Å². The van der Waals surface area contributed by atoms with Crippen molar-refractivity contribution in [1.82, 2.24) is 20.5 Å². The highest BCUT2D eigenvalue weighted by molar-refractivity contribution is 6.05. The smallest absolute Gasteiger partial charge is 0.255 e. The number of piperidine rings is 1. The van der Waals surface area contributed by atoms with E-state index in [0.717, 1.165) is 48.7 Å². The fraction of sp³-hybridized carbons (Fsp3) is 0.391. The van der Waals surface area contributed by atoms with Crippen LogP contribution in [-0.4, -0.2) is 59.8 Å². The van der Waals surface area contributed by atoms with Crippen molar-refractivity contribution in [2.75, 3.05) is 36.4 Å². The Balaban J connectivity index is 1.34. The van der Waals surface area contributed by atoms with Gasteiger partial charge in [-0.1, -0.05) is 12.1 Å². The molecule has 2 fully saturated rings. The molecule has 1 atom stereocenters. The van der Waals surface area contributed by atoms with Crippen LogP contribution in [0.25, 0.3) is 0 Å². The lowest BCUT2D eigenvalue weighted by atomic mass is 10.0. The molecule has 4 heterocycles. The summed E-state index contributed by atoms with van der Waals surface area (Å²) in [6.45, 7) is 4.67. The van der Waals surface area contributed by atoms with E-state index >= 15 is 0 Å². The number of aromatic nitrogens is 1. The van der Waals surface area contributed by atoms with E-state index in [9.17, 15) is 14.4 Å². The minimum atomic E-state index is -0.604. The van der Waals surface area contributed by atoms with Gasteiger partial charge < -0.3 is 20.4 Å². The number of imide groups is 1. The summed E-state index contributed by atoms with van der Waals surface area (Å²) in [5, 5.41) is 9.24. The van der Waals surface area contributed by atoms with Gasteiger partial charge in [-0.05, 0) is 29.7 Å². The first-order chi connectivity index (χ1) is 15.6. The van der Waals surface area contributed by atoms with Crippen LogP contribution in [0.5, 0.6) is 0 Å². The monoisotopic (exact) mass is 434 g/mol. The Morgan fingerprint density at radius 1 is 1.12 bits per heavy atom. The number of benzene rings is 1. The second-order valence-electron chi connectivity index (χ2n) is 8.33. The Morgan fingerprint density at radius 3 is 2.78 bits per heavy atom. The summed E-state index contributed by atoms with van der Waals surface area (Å²) in [6.07, 6.45) is 4.28. The van der Waals surface area contributed by atoms with Crippen molar-refractivity contribution in [3.05, 3.63) is 53.3 Å². The van der Waals surface area contributed by atoms with Gasteiger partial charge in [0.2, 0.25) is 11.8 Å². The van der Waals surface area contributed by atoms with Gasteiger partial charge in [-0.25, -0.2) is 0 Å². The molecule has 1 unspecified atom stereocenters. The summed E-state index contributed by atoms with van der Waals surface area (Å²) in [5.74, 6) is -0.820. The van der Waals surface area contributed by atoms with Gasteiger partial charge in [0.25, 0.3) is 5.91 Å². The predicted molar refractivity (Wildman–Crippen MR) is 119 cm³/mol. The number of nitrogens with zero attached hydrogens (tertiary/aromatic N) is 3. The average molecular weight is 435 g/mol. The van der Waals surface area contributed by atoms with Gasteiger partial charge in [0.15, 0.2) is 0 Å². The molecule has 3 aliphatic rings. The van der Waals surface area contributed by atoms with Crippen LogP contribution in [0.3, 0.4) is 0 Å². The minimum absolute atomic E-state index is 0.151. The molecular formula is C23H26N6O3. The number of rotatable bonds is 5. The number of hydrogen-bond donors (Lipinski definition) is 3. The Bertz CT molecular complexity index is 1070. The van der Waals surface area contributed by atoms with Crippen molar-refractivity contribution in [3.63, 3.8) is 0 Å². The molecule has 32 heavy (non-hydrogen) atoms.